The van der Waals surface area contributed by atoms with Crippen LogP contribution in [0.1, 0.15) is 303 Å². The maximum atomic E-state index is 12.7. The van der Waals surface area contributed by atoms with E-state index in [4.69, 9.17) is 18.5 Å². The third-order valence-corrected chi connectivity index (χ3v) is 14.5. The molecule has 9 nitrogen and oxygen atoms in total. The van der Waals surface area contributed by atoms with E-state index in [-0.39, 0.29) is 32.0 Å². The van der Waals surface area contributed by atoms with Crippen molar-refractivity contribution < 1.29 is 42.1 Å². The lowest BCUT2D eigenvalue weighted by molar-refractivity contribution is -0.870. The Morgan fingerprint density at radius 3 is 1.10 bits per heavy atom. The van der Waals surface area contributed by atoms with E-state index in [1.807, 2.05) is 21.1 Å². The lowest BCUT2D eigenvalue weighted by atomic mass is 10.0. The van der Waals surface area contributed by atoms with Gasteiger partial charge in [0.05, 0.1) is 27.7 Å². The van der Waals surface area contributed by atoms with Crippen molar-refractivity contribution in [3.8, 4) is 0 Å². The molecular weight excluding hydrogens is 882 g/mol. The average Bonchev–Trinajstić information content (AvgIpc) is 3.31. The number of nitrogens with zero attached hydrogens (tertiary/aromatic N) is 1. The molecule has 0 saturated heterocycles. The molecule has 410 valence electrons. The Morgan fingerprint density at radius 2 is 0.739 bits per heavy atom. The molecule has 0 radical (unpaired) electrons. The normalized spacial score (nSPS) is 13.3. The van der Waals surface area contributed by atoms with Gasteiger partial charge in [0, 0.05) is 12.8 Å². The van der Waals surface area contributed by atoms with Crippen LogP contribution in [0.15, 0.2) is 12.2 Å². The van der Waals surface area contributed by atoms with Gasteiger partial charge in [0.2, 0.25) is 0 Å². The lowest BCUT2D eigenvalue weighted by Crippen LogP contribution is -2.37. The number of ether oxygens (including phenoxy) is 2. The first-order chi connectivity index (χ1) is 33.5. The number of hydrogen-bond donors (Lipinski definition) is 0. The number of esters is 2. The molecule has 10 heteroatoms. The van der Waals surface area contributed by atoms with Gasteiger partial charge in [0.25, 0.3) is 7.82 Å². The molecule has 0 rings (SSSR count). The number of allylic oxidation sites excluding steroid dienone is 2. The zero-order valence-electron chi connectivity index (χ0n) is 46.5. The van der Waals surface area contributed by atoms with Gasteiger partial charge in [0.15, 0.2) is 6.10 Å². The molecule has 0 spiro atoms. The second-order valence-electron chi connectivity index (χ2n) is 21.7. The number of likely N-dealkylation sites (N-methyl/N-ethyl adjacent to an activating group) is 1. The lowest BCUT2D eigenvalue weighted by Gasteiger charge is -2.28. The maximum Gasteiger partial charge on any atom is 0.306 e. The minimum absolute atomic E-state index is 0.0291. The summed E-state index contributed by atoms with van der Waals surface area (Å²) in [6.07, 6.45) is 60.1. The van der Waals surface area contributed by atoms with Crippen molar-refractivity contribution in [2.24, 2.45) is 0 Å². The second-order valence-corrected chi connectivity index (χ2v) is 23.1. The van der Waals surface area contributed by atoms with Crippen LogP contribution in [-0.4, -0.2) is 70.0 Å². The van der Waals surface area contributed by atoms with Crippen molar-refractivity contribution in [3.05, 3.63) is 12.2 Å². The van der Waals surface area contributed by atoms with E-state index >= 15 is 0 Å². The van der Waals surface area contributed by atoms with E-state index in [1.165, 1.54) is 212 Å². The fourth-order valence-electron chi connectivity index (χ4n) is 8.89. The van der Waals surface area contributed by atoms with Gasteiger partial charge in [-0.25, -0.2) is 0 Å². The largest absolute Gasteiger partial charge is 0.756 e. The topological polar surface area (TPSA) is 111 Å². The summed E-state index contributed by atoms with van der Waals surface area (Å²) in [5.74, 6) is -0.829. The van der Waals surface area contributed by atoms with Crippen LogP contribution in [0.5, 0.6) is 0 Å². The van der Waals surface area contributed by atoms with E-state index in [9.17, 15) is 19.0 Å². The average molecular weight is 999 g/mol. The minimum Gasteiger partial charge on any atom is -0.756 e. The molecule has 0 aromatic rings. The smallest absolute Gasteiger partial charge is 0.306 e. The Hall–Kier alpha value is -1.25. The third-order valence-electron chi connectivity index (χ3n) is 13.5. The first-order valence-corrected chi connectivity index (χ1v) is 31.4. The van der Waals surface area contributed by atoms with Crippen LogP contribution in [0, 0.1) is 0 Å². The van der Waals surface area contributed by atoms with Gasteiger partial charge in [-0.3, -0.25) is 14.2 Å². The van der Waals surface area contributed by atoms with Crippen LogP contribution in [0.25, 0.3) is 0 Å². The Balaban J connectivity index is 3.90. The molecule has 0 saturated carbocycles. The van der Waals surface area contributed by atoms with Crippen LogP contribution in [0.3, 0.4) is 0 Å². The van der Waals surface area contributed by atoms with Crippen LogP contribution in [-0.2, 0) is 32.7 Å². The third kappa shape index (κ3) is 55.9. The quantitative estimate of drug-likeness (QED) is 0.0195. The van der Waals surface area contributed by atoms with Gasteiger partial charge in [-0.1, -0.05) is 264 Å². The highest BCUT2D eigenvalue weighted by Gasteiger charge is 2.22. The monoisotopic (exact) mass is 998 g/mol. The number of carbonyl (C=O) groups is 2. The van der Waals surface area contributed by atoms with Crippen LogP contribution < -0.4 is 4.89 Å². The molecular formula is C59H116NO8P. The zero-order chi connectivity index (χ0) is 50.6. The zero-order valence-corrected chi connectivity index (χ0v) is 47.4. The van der Waals surface area contributed by atoms with Gasteiger partial charge in [-0.2, -0.15) is 0 Å². The molecule has 0 aliphatic carbocycles. The molecule has 0 fully saturated rings. The summed E-state index contributed by atoms with van der Waals surface area (Å²) in [7, 11) is 1.18. The molecule has 0 heterocycles. The molecule has 0 amide bonds. The number of phosphoric ester groups is 1. The summed E-state index contributed by atoms with van der Waals surface area (Å²) in [6.45, 7) is 4.25. The van der Waals surface area contributed by atoms with Crippen molar-refractivity contribution in [1.29, 1.82) is 0 Å². The number of phosphoric acid groups is 1. The predicted octanol–water partition coefficient (Wildman–Crippen LogP) is 17.8. The summed E-state index contributed by atoms with van der Waals surface area (Å²) in [5, 5.41) is 0. The predicted molar refractivity (Wildman–Crippen MR) is 292 cm³/mol. The Morgan fingerprint density at radius 1 is 0.435 bits per heavy atom. The van der Waals surface area contributed by atoms with Gasteiger partial charge >= 0.3 is 11.9 Å². The number of hydrogen-bond acceptors (Lipinski definition) is 8. The van der Waals surface area contributed by atoms with E-state index in [1.54, 1.807) is 0 Å². The highest BCUT2D eigenvalue weighted by atomic mass is 31.2. The van der Waals surface area contributed by atoms with Crippen molar-refractivity contribution >= 4 is 19.8 Å². The summed E-state index contributed by atoms with van der Waals surface area (Å²) < 4.78 is 34.1. The summed E-state index contributed by atoms with van der Waals surface area (Å²) >= 11 is 0. The molecule has 0 aromatic carbocycles. The first-order valence-electron chi connectivity index (χ1n) is 29.9. The SMILES string of the molecule is CCCCC/C=C\CCCCCCCC(=O)OC(COC(=O)CCCCCCCCCCCCCCCCCCCCCCCCCCCCCCCCCCC)COP(=O)([O-])OCC[N+](C)(C)C. The van der Waals surface area contributed by atoms with Gasteiger partial charge in [-0.15, -0.1) is 0 Å². The van der Waals surface area contributed by atoms with E-state index in [0.29, 0.717) is 17.4 Å². The number of quaternary nitrogens is 1. The van der Waals surface area contributed by atoms with E-state index < -0.39 is 26.5 Å². The highest BCUT2D eigenvalue weighted by Crippen LogP contribution is 2.38. The summed E-state index contributed by atoms with van der Waals surface area (Å²) in [5.41, 5.74) is 0. The standard InChI is InChI=1S/C59H116NO8P/c1-6-8-10-12-14-16-18-20-21-22-23-24-25-26-27-28-29-30-31-32-33-34-35-36-37-38-39-40-42-43-45-47-49-51-58(61)65-55-57(56-67-69(63,64)66-54-53-60(3,4)5)68-59(62)52-50-48-46-44-41-19-17-15-13-11-9-7-2/h15,17,57H,6-14,16,18-56H2,1-5H3/b17-15-. The van der Waals surface area contributed by atoms with Crippen molar-refractivity contribution in [2.45, 2.75) is 309 Å². The summed E-state index contributed by atoms with van der Waals surface area (Å²) in [6, 6.07) is 0. The summed E-state index contributed by atoms with van der Waals surface area (Å²) in [4.78, 5) is 37.7. The number of unbranched alkanes of at least 4 members (excludes halogenated alkanes) is 40. The fourth-order valence-corrected chi connectivity index (χ4v) is 9.62. The highest BCUT2D eigenvalue weighted by molar-refractivity contribution is 7.45. The first kappa shape index (κ1) is 67.8. The molecule has 0 aliphatic heterocycles. The molecule has 0 aliphatic rings. The van der Waals surface area contributed by atoms with Crippen LogP contribution >= 0.6 is 7.82 Å². The Kier molecular flexibility index (Phi) is 50.7. The van der Waals surface area contributed by atoms with Crippen molar-refractivity contribution in [3.63, 3.8) is 0 Å². The van der Waals surface area contributed by atoms with Crippen molar-refractivity contribution in [1.82, 2.24) is 0 Å². The van der Waals surface area contributed by atoms with Gasteiger partial charge in [0.1, 0.15) is 19.8 Å². The van der Waals surface area contributed by atoms with Crippen molar-refractivity contribution in [2.75, 3.05) is 47.5 Å². The van der Waals surface area contributed by atoms with E-state index in [0.717, 1.165) is 57.8 Å². The molecule has 0 N–H and O–H groups in total. The fraction of sp³-hybridized carbons (Fsp3) is 0.932. The van der Waals surface area contributed by atoms with Crippen LogP contribution in [0.2, 0.25) is 0 Å². The Bertz CT molecular complexity index is 1180. The van der Waals surface area contributed by atoms with Gasteiger partial charge in [-0.05, 0) is 38.5 Å². The molecule has 0 bridgehead atoms. The Labute approximate surface area is 428 Å². The second kappa shape index (κ2) is 51.6. The molecule has 2 atom stereocenters. The van der Waals surface area contributed by atoms with E-state index in [2.05, 4.69) is 26.0 Å². The maximum absolute atomic E-state index is 12.7. The number of rotatable bonds is 56. The van der Waals surface area contributed by atoms with Crippen LogP contribution in [0.4, 0.5) is 0 Å². The minimum atomic E-state index is -4.63. The molecule has 2 unspecified atom stereocenters. The molecule has 0 aromatic heterocycles. The van der Waals surface area contributed by atoms with Gasteiger partial charge < -0.3 is 27.9 Å². The molecule has 69 heavy (non-hydrogen) atoms. The number of carbonyl (C=O) groups excluding carboxylic acids is 2.